The second kappa shape index (κ2) is 5.40. The van der Waals surface area contributed by atoms with Crippen molar-refractivity contribution in [2.75, 3.05) is 0 Å². The highest BCUT2D eigenvalue weighted by Crippen LogP contribution is 2.69. The summed E-state index contributed by atoms with van der Waals surface area (Å²) in [5, 5.41) is 24.5. The van der Waals surface area contributed by atoms with Gasteiger partial charge in [-0.05, 0) is 25.2 Å². The number of aromatic amines is 1. The fourth-order valence-electron chi connectivity index (χ4n) is 3.74. The molecule has 1 heterocycles. The van der Waals surface area contributed by atoms with Gasteiger partial charge in [-0.1, -0.05) is 18.7 Å². The van der Waals surface area contributed by atoms with E-state index in [0.29, 0.717) is 0 Å². The molecule has 0 spiro atoms. The predicted octanol–water partition coefficient (Wildman–Crippen LogP) is 2.21. The van der Waals surface area contributed by atoms with E-state index >= 15 is 0 Å². The Labute approximate surface area is 140 Å². The average molecular weight is 361 g/mol. The molecule has 2 fully saturated rings. The number of aliphatic carboxylic acids is 2. The molecule has 2 aliphatic rings. The molecule has 132 valence electrons. The number of thioether (sulfide) groups is 1. The number of hydrogen-bond donors (Lipinski definition) is 3. The molecule has 5 atom stereocenters. The summed E-state index contributed by atoms with van der Waals surface area (Å²) in [5.41, 5.74) is -1.13. The van der Waals surface area contributed by atoms with Gasteiger partial charge < -0.3 is 10.2 Å². The third kappa shape index (κ3) is 2.47. The van der Waals surface area contributed by atoms with Crippen LogP contribution in [0.4, 0.5) is 8.78 Å². The van der Waals surface area contributed by atoms with Gasteiger partial charge in [-0.25, -0.2) is 0 Å². The molecule has 1 aromatic heterocycles. The number of alkyl halides is 2. The summed E-state index contributed by atoms with van der Waals surface area (Å²) in [6.45, 7) is 2.88. The van der Waals surface area contributed by atoms with E-state index in [4.69, 9.17) is 0 Å². The number of carbonyl (C=O) groups is 2. The van der Waals surface area contributed by atoms with Crippen LogP contribution >= 0.6 is 11.8 Å². The molecule has 2 saturated carbocycles. The average Bonchev–Trinajstić information content (AvgIpc) is 2.98. The normalized spacial score (nSPS) is 34.8. The first-order chi connectivity index (χ1) is 11.1. The van der Waals surface area contributed by atoms with Gasteiger partial charge in [0.05, 0.1) is 11.3 Å². The molecule has 0 radical (unpaired) electrons. The van der Waals surface area contributed by atoms with E-state index in [1.807, 2.05) is 0 Å². The molecule has 24 heavy (non-hydrogen) atoms. The third-order valence-corrected chi connectivity index (χ3v) is 6.33. The van der Waals surface area contributed by atoms with E-state index in [-0.39, 0.29) is 22.7 Å². The molecule has 10 heteroatoms. The summed E-state index contributed by atoms with van der Waals surface area (Å²) >= 11 is 1.08. The Bertz CT molecular complexity index is 697. The van der Waals surface area contributed by atoms with Crippen LogP contribution in [-0.2, 0) is 15.5 Å². The maximum Gasteiger partial charge on any atom is 0.309 e. The minimum atomic E-state index is -3.11. The summed E-state index contributed by atoms with van der Waals surface area (Å²) in [7, 11) is 0. The van der Waals surface area contributed by atoms with Gasteiger partial charge in [-0.2, -0.15) is 13.8 Å². The van der Waals surface area contributed by atoms with Crippen LogP contribution in [0.3, 0.4) is 0 Å². The van der Waals surface area contributed by atoms with Crippen molar-refractivity contribution < 1.29 is 28.6 Å². The molecule has 7 nitrogen and oxygen atoms in total. The lowest BCUT2D eigenvalue weighted by Gasteiger charge is -2.23. The Morgan fingerprint density at radius 1 is 1.46 bits per heavy atom. The van der Waals surface area contributed by atoms with Crippen molar-refractivity contribution in [3.63, 3.8) is 0 Å². The van der Waals surface area contributed by atoms with Gasteiger partial charge in [0.15, 0.2) is 5.82 Å². The Balaban J connectivity index is 1.79. The zero-order chi connectivity index (χ0) is 17.9. The summed E-state index contributed by atoms with van der Waals surface area (Å²) in [5.74, 6) is -7.15. The van der Waals surface area contributed by atoms with Gasteiger partial charge in [0.1, 0.15) is 0 Å². The second-order valence-corrected chi connectivity index (χ2v) is 7.78. The monoisotopic (exact) mass is 361 g/mol. The fraction of sp³-hybridized carbons (Fsp3) is 0.714. The second-order valence-electron chi connectivity index (χ2n) is 6.57. The quantitative estimate of drug-likeness (QED) is 0.711. The predicted molar refractivity (Wildman–Crippen MR) is 78.7 cm³/mol. The van der Waals surface area contributed by atoms with Crippen molar-refractivity contribution in [2.24, 2.45) is 23.2 Å². The lowest BCUT2D eigenvalue weighted by Crippen LogP contribution is -2.31. The standard InChI is InChI=1S/C14H17F2N3O4S/c1-3-14(15,16)10-17-12(19-18-10)24-5-4-13(2,11(22)23)8-6(5)7(8)9(20)21/h5-8H,3-4H2,1-2H3,(H,20,21)(H,22,23)(H,17,18,19)/t5-,6+,7+,8+,13-/m1/s1. The zero-order valence-electron chi connectivity index (χ0n) is 13.0. The largest absolute Gasteiger partial charge is 0.481 e. The number of aromatic nitrogens is 3. The number of rotatable bonds is 6. The first-order valence-electron chi connectivity index (χ1n) is 7.55. The molecule has 0 unspecified atom stereocenters. The van der Waals surface area contributed by atoms with Crippen LogP contribution in [0.5, 0.6) is 0 Å². The number of nitrogens with one attached hydrogen (secondary N) is 1. The molecule has 0 saturated heterocycles. The summed E-state index contributed by atoms with van der Waals surface area (Å²) < 4.78 is 27.2. The van der Waals surface area contributed by atoms with E-state index in [9.17, 15) is 28.6 Å². The van der Waals surface area contributed by atoms with Crippen LogP contribution in [0.2, 0.25) is 0 Å². The van der Waals surface area contributed by atoms with Crippen LogP contribution in [-0.4, -0.2) is 42.6 Å². The Kier molecular flexibility index (Phi) is 3.85. The smallest absolute Gasteiger partial charge is 0.309 e. The number of H-pyrrole nitrogens is 1. The fourth-order valence-corrected chi connectivity index (χ4v) is 5.18. The molecule has 2 aliphatic carbocycles. The molecule has 1 aromatic rings. The summed E-state index contributed by atoms with van der Waals surface area (Å²) in [6, 6.07) is 0. The van der Waals surface area contributed by atoms with Crippen molar-refractivity contribution in [3.05, 3.63) is 5.82 Å². The van der Waals surface area contributed by atoms with Gasteiger partial charge in [-0.3, -0.25) is 14.7 Å². The van der Waals surface area contributed by atoms with Crippen LogP contribution in [0, 0.1) is 23.2 Å². The number of halogens is 2. The zero-order valence-corrected chi connectivity index (χ0v) is 13.8. The topological polar surface area (TPSA) is 116 Å². The number of carboxylic acids is 2. The van der Waals surface area contributed by atoms with E-state index < -0.39 is 47.4 Å². The molecule has 0 aromatic carbocycles. The van der Waals surface area contributed by atoms with Gasteiger partial charge >= 0.3 is 17.9 Å². The minimum Gasteiger partial charge on any atom is -0.481 e. The molecule has 3 rings (SSSR count). The first kappa shape index (κ1) is 17.1. The van der Waals surface area contributed by atoms with Crippen LogP contribution in [0.15, 0.2) is 5.16 Å². The van der Waals surface area contributed by atoms with E-state index in [1.54, 1.807) is 6.92 Å². The lowest BCUT2D eigenvalue weighted by molar-refractivity contribution is -0.150. The molecule has 0 bridgehead atoms. The highest BCUT2D eigenvalue weighted by atomic mass is 32.2. The third-order valence-electron chi connectivity index (χ3n) is 5.15. The number of fused-ring (bicyclic) bond motifs is 1. The maximum absolute atomic E-state index is 13.6. The SMILES string of the molecule is CCC(F)(F)c1nc(S[C@@H]2C[C@@](C)(C(=O)O)[C@@H]3[C@@H](C(=O)O)[C@@H]32)n[nH]1. The van der Waals surface area contributed by atoms with Crippen LogP contribution in [0.25, 0.3) is 0 Å². The van der Waals surface area contributed by atoms with Crippen LogP contribution in [0.1, 0.15) is 32.5 Å². The van der Waals surface area contributed by atoms with Gasteiger partial charge in [0, 0.05) is 11.7 Å². The molecular formula is C14H17F2N3O4S. The maximum atomic E-state index is 13.6. The number of nitrogens with zero attached hydrogens (tertiary/aromatic N) is 2. The summed E-state index contributed by atoms with van der Waals surface area (Å²) in [6.07, 6.45) is -0.154. The molecular weight excluding hydrogens is 344 g/mol. The minimum absolute atomic E-state index is 0.0903. The Hall–Kier alpha value is -1.71. The van der Waals surface area contributed by atoms with Crippen LogP contribution < -0.4 is 0 Å². The molecule has 0 aliphatic heterocycles. The molecule has 3 N–H and O–H groups in total. The van der Waals surface area contributed by atoms with Crippen molar-refractivity contribution in [2.45, 2.75) is 43.0 Å². The van der Waals surface area contributed by atoms with Gasteiger partial charge in [-0.15, -0.1) is 5.10 Å². The first-order valence-corrected chi connectivity index (χ1v) is 8.43. The van der Waals surface area contributed by atoms with Crippen molar-refractivity contribution in [3.8, 4) is 0 Å². The Morgan fingerprint density at radius 2 is 2.12 bits per heavy atom. The molecule has 0 amide bonds. The van der Waals surface area contributed by atoms with E-state index in [2.05, 4.69) is 15.2 Å². The van der Waals surface area contributed by atoms with E-state index in [1.165, 1.54) is 6.92 Å². The highest BCUT2D eigenvalue weighted by molar-refractivity contribution is 7.99. The van der Waals surface area contributed by atoms with Gasteiger partial charge in [0.25, 0.3) is 0 Å². The van der Waals surface area contributed by atoms with Crippen molar-refractivity contribution in [1.82, 2.24) is 15.2 Å². The van der Waals surface area contributed by atoms with Gasteiger partial charge in [0.2, 0.25) is 5.16 Å². The highest BCUT2D eigenvalue weighted by Gasteiger charge is 2.73. The lowest BCUT2D eigenvalue weighted by atomic mass is 9.83. The Morgan fingerprint density at radius 3 is 2.67 bits per heavy atom. The number of carboxylic acid groups (broad SMARTS) is 2. The van der Waals surface area contributed by atoms with Crippen molar-refractivity contribution >= 4 is 23.7 Å². The van der Waals surface area contributed by atoms with Crippen molar-refractivity contribution in [1.29, 1.82) is 0 Å². The summed E-state index contributed by atoms with van der Waals surface area (Å²) in [4.78, 5) is 26.7. The van der Waals surface area contributed by atoms with E-state index in [0.717, 1.165) is 11.8 Å². The number of hydrogen-bond acceptors (Lipinski definition) is 5.